The van der Waals surface area contributed by atoms with Crippen molar-refractivity contribution in [2.24, 2.45) is 0 Å². The van der Waals surface area contributed by atoms with Gasteiger partial charge in [0.05, 0.1) is 5.56 Å². The molecule has 0 unspecified atom stereocenters. The monoisotopic (exact) mass is 320 g/mol. The van der Waals surface area contributed by atoms with Gasteiger partial charge in [0.15, 0.2) is 0 Å². The molecule has 0 bridgehead atoms. The highest BCUT2D eigenvalue weighted by Crippen LogP contribution is 2.32. The van der Waals surface area contributed by atoms with E-state index >= 15 is 0 Å². The van der Waals surface area contributed by atoms with Gasteiger partial charge in [-0.3, -0.25) is 4.79 Å². The van der Waals surface area contributed by atoms with Gasteiger partial charge in [-0.1, -0.05) is 42.5 Å². The molecule has 0 spiro atoms. The SMILES string of the molecule is CN(C)Cc1c(O)c(C(=O)Nc2ccccc2)cc2ccccc12. The number of rotatable bonds is 4. The zero-order chi connectivity index (χ0) is 17.1. The Morgan fingerprint density at radius 3 is 2.42 bits per heavy atom. The van der Waals surface area contributed by atoms with Crippen molar-refractivity contribution < 1.29 is 9.90 Å². The number of aromatic hydroxyl groups is 1. The second-order valence-electron chi connectivity index (χ2n) is 6.03. The van der Waals surface area contributed by atoms with Gasteiger partial charge >= 0.3 is 0 Å². The number of nitrogens with one attached hydrogen (secondary N) is 1. The molecule has 0 atom stereocenters. The van der Waals surface area contributed by atoms with Crippen molar-refractivity contribution in [1.82, 2.24) is 4.90 Å². The summed E-state index contributed by atoms with van der Waals surface area (Å²) in [6, 6.07) is 18.7. The number of phenols is 1. The lowest BCUT2D eigenvalue weighted by molar-refractivity contribution is 0.102. The lowest BCUT2D eigenvalue weighted by Gasteiger charge is -2.17. The third-order valence-electron chi connectivity index (χ3n) is 3.88. The van der Waals surface area contributed by atoms with Gasteiger partial charge < -0.3 is 15.3 Å². The molecule has 2 N–H and O–H groups in total. The van der Waals surface area contributed by atoms with Crippen molar-refractivity contribution in [3.63, 3.8) is 0 Å². The van der Waals surface area contributed by atoms with Crippen LogP contribution in [0.1, 0.15) is 15.9 Å². The standard InChI is InChI=1S/C20H20N2O2/c1-22(2)13-18-16-11-7-6-8-14(16)12-17(19(18)23)20(24)21-15-9-4-3-5-10-15/h3-12,23H,13H2,1-2H3,(H,21,24). The van der Waals surface area contributed by atoms with Crippen LogP contribution in [0.25, 0.3) is 10.8 Å². The Kier molecular flexibility index (Phi) is 4.49. The summed E-state index contributed by atoms with van der Waals surface area (Å²) < 4.78 is 0. The van der Waals surface area contributed by atoms with Crippen molar-refractivity contribution in [3.8, 4) is 5.75 Å². The van der Waals surface area contributed by atoms with Crippen LogP contribution in [0.15, 0.2) is 60.7 Å². The number of hydrogen-bond acceptors (Lipinski definition) is 3. The van der Waals surface area contributed by atoms with Crippen molar-refractivity contribution >= 4 is 22.4 Å². The van der Waals surface area contributed by atoms with Crippen LogP contribution in [0.3, 0.4) is 0 Å². The van der Waals surface area contributed by atoms with E-state index in [1.54, 1.807) is 6.07 Å². The first-order valence-corrected chi connectivity index (χ1v) is 7.81. The number of hydrogen-bond donors (Lipinski definition) is 2. The van der Waals surface area contributed by atoms with Crippen LogP contribution < -0.4 is 5.32 Å². The fourth-order valence-corrected chi connectivity index (χ4v) is 2.78. The molecule has 4 heteroatoms. The molecule has 122 valence electrons. The number of amides is 1. The molecule has 0 radical (unpaired) electrons. The first-order valence-electron chi connectivity index (χ1n) is 7.81. The fraction of sp³-hybridized carbons (Fsp3) is 0.150. The van der Waals surface area contributed by atoms with Crippen molar-refractivity contribution in [3.05, 3.63) is 71.8 Å². The highest BCUT2D eigenvalue weighted by molar-refractivity contribution is 6.09. The molecule has 0 aliphatic heterocycles. The maximum absolute atomic E-state index is 12.6. The van der Waals surface area contributed by atoms with E-state index in [1.165, 1.54) is 0 Å². The molecule has 3 aromatic carbocycles. The Labute approximate surface area is 141 Å². The molecule has 0 aromatic heterocycles. The molecule has 4 nitrogen and oxygen atoms in total. The number of carbonyl (C=O) groups excluding carboxylic acids is 1. The van der Waals surface area contributed by atoms with Gasteiger partial charge in [0.1, 0.15) is 5.75 Å². The summed E-state index contributed by atoms with van der Waals surface area (Å²) >= 11 is 0. The summed E-state index contributed by atoms with van der Waals surface area (Å²) in [6.45, 7) is 0.554. The first kappa shape index (κ1) is 16.0. The zero-order valence-corrected chi connectivity index (χ0v) is 13.8. The number of nitrogens with zero attached hydrogens (tertiary/aromatic N) is 1. The van der Waals surface area contributed by atoms with Crippen LogP contribution in [-0.2, 0) is 6.54 Å². The number of anilines is 1. The minimum Gasteiger partial charge on any atom is -0.507 e. The average molecular weight is 320 g/mol. The topological polar surface area (TPSA) is 52.6 Å². The van der Waals surface area contributed by atoms with Crippen LogP contribution in [0.2, 0.25) is 0 Å². The Morgan fingerprint density at radius 1 is 1.04 bits per heavy atom. The number of phenolic OH excluding ortho intramolecular Hbond substituents is 1. The smallest absolute Gasteiger partial charge is 0.259 e. The van der Waals surface area contributed by atoms with Crippen molar-refractivity contribution in [2.45, 2.75) is 6.54 Å². The quantitative estimate of drug-likeness (QED) is 0.767. The van der Waals surface area contributed by atoms with E-state index in [0.717, 1.165) is 16.3 Å². The summed E-state index contributed by atoms with van der Waals surface area (Å²) in [6.07, 6.45) is 0. The molecule has 3 aromatic rings. The molecule has 1 amide bonds. The maximum atomic E-state index is 12.6. The minimum atomic E-state index is -0.315. The van der Waals surface area contributed by atoms with E-state index in [0.29, 0.717) is 12.2 Å². The minimum absolute atomic E-state index is 0.0378. The number of carbonyl (C=O) groups is 1. The molecule has 0 aliphatic rings. The predicted molar refractivity (Wildman–Crippen MR) is 97.4 cm³/mol. The molecule has 0 saturated carbocycles. The molecule has 0 saturated heterocycles. The van der Waals surface area contributed by atoms with Crippen LogP contribution in [0.5, 0.6) is 5.75 Å². The fourth-order valence-electron chi connectivity index (χ4n) is 2.78. The van der Waals surface area contributed by atoms with Crippen LogP contribution >= 0.6 is 0 Å². The average Bonchev–Trinajstić information content (AvgIpc) is 2.57. The van der Waals surface area contributed by atoms with Gasteiger partial charge in [-0.2, -0.15) is 0 Å². The lowest BCUT2D eigenvalue weighted by Crippen LogP contribution is -2.15. The van der Waals surface area contributed by atoms with E-state index in [-0.39, 0.29) is 17.2 Å². The zero-order valence-electron chi connectivity index (χ0n) is 13.8. The molecular weight excluding hydrogens is 300 g/mol. The number of para-hydroxylation sites is 1. The van der Waals surface area contributed by atoms with Gasteiger partial charge in [0.25, 0.3) is 5.91 Å². The van der Waals surface area contributed by atoms with Crippen LogP contribution in [0, 0.1) is 0 Å². The summed E-state index contributed by atoms with van der Waals surface area (Å²) in [5.74, 6) is -0.278. The van der Waals surface area contributed by atoms with Gasteiger partial charge in [-0.25, -0.2) is 0 Å². The third kappa shape index (κ3) is 3.24. The summed E-state index contributed by atoms with van der Waals surface area (Å²) in [5.41, 5.74) is 1.75. The van der Waals surface area contributed by atoms with E-state index in [4.69, 9.17) is 0 Å². The van der Waals surface area contributed by atoms with Crippen LogP contribution in [0.4, 0.5) is 5.69 Å². The van der Waals surface area contributed by atoms with Crippen molar-refractivity contribution in [1.29, 1.82) is 0 Å². The second-order valence-corrected chi connectivity index (χ2v) is 6.03. The number of fused-ring (bicyclic) bond motifs is 1. The largest absolute Gasteiger partial charge is 0.507 e. The van der Waals surface area contributed by atoms with Gasteiger partial charge in [-0.05, 0) is 43.1 Å². The Morgan fingerprint density at radius 2 is 1.71 bits per heavy atom. The van der Waals surface area contributed by atoms with Crippen LogP contribution in [-0.4, -0.2) is 30.0 Å². The summed E-state index contributed by atoms with van der Waals surface area (Å²) in [5, 5.41) is 15.4. The Hall–Kier alpha value is -2.85. The second kappa shape index (κ2) is 6.72. The summed E-state index contributed by atoms with van der Waals surface area (Å²) in [4.78, 5) is 14.6. The molecule has 24 heavy (non-hydrogen) atoms. The molecule has 3 rings (SSSR count). The molecule has 0 heterocycles. The lowest BCUT2D eigenvalue weighted by atomic mass is 9.98. The van der Waals surface area contributed by atoms with Gasteiger partial charge in [0, 0.05) is 17.8 Å². The molecule has 0 aliphatic carbocycles. The Bertz CT molecular complexity index is 873. The maximum Gasteiger partial charge on any atom is 0.259 e. The molecule has 0 fully saturated rings. The van der Waals surface area contributed by atoms with E-state index in [2.05, 4.69) is 5.32 Å². The van der Waals surface area contributed by atoms with E-state index in [9.17, 15) is 9.90 Å². The highest BCUT2D eigenvalue weighted by atomic mass is 16.3. The number of benzene rings is 3. The van der Waals surface area contributed by atoms with Gasteiger partial charge in [-0.15, -0.1) is 0 Å². The van der Waals surface area contributed by atoms with E-state index in [1.807, 2.05) is 73.6 Å². The highest BCUT2D eigenvalue weighted by Gasteiger charge is 2.18. The predicted octanol–water partition coefficient (Wildman–Crippen LogP) is 3.86. The Balaban J connectivity index is 2.07. The van der Waals surface area contributed by atoms with E-state index < -0.39 is 0 Å². The third-order valence-corrected chi connectivity index (χ3v) is 3.88. The van der Waals surface area contributed by atoms with Crippen molar-refractivity contribution in [2.75, 3.05) is 19.4 Å². The normalized spacial score (nSPS) is 11.0. The van der Waals surface area contributed by atoms with Gasteiger partial charge in [0.2, 0.25) is 0 Å². The first-order chi connectivity index (χ1) is 11.6. The molecular formula is C20H20N2O2. The summed E-state index contributed by atoms with van der Waals surface area (Å²) in [7, 11) is 3.87.